The molecule has 0 saturated carbocycles. The van der Waals surface area contributed by atoms with Gasteiger partial charge in [0.1, 0.15) is 11.2 Å². The first kappa shape index (κ1) is 28.0. The van der Waals surface area contributed by atoms with Crippen molar-refractivity contribution in [3.8, 4) is 67.5 Å². The molecular weight excluding hydrogens is 623 g/mol. The van der Waals surface area contributed by atoms with Gasteiger partial charge in [0.2, 0.25) is 0 Å². The highest BCUT2D eigenvalue weighted by Gasteiger charge is 2.29. The monoisotopic (exact) mass is 649 g/mol. The Morgan fingerprint density at radius 1 is 0.353 bits per heavy atom. The van der Waals surface area contributed by atoms with Crippen molar-refractivity contribution in [1.82, 2.24) is 15.0 Å². The molecule has 2 heterocycles. The summed E-state index contributed by atoms with van der Waals surface area (Å²) in [6, 6.07) is 57.2. The van der Waals surface area contributed by atoms with Crippen LogP contribution in [-0.2, 0) is 0 Å². The topological polar surface area (TPSA) is 51.8 Å². The lowest BCUT2D eigenvalue weighted by molar-refractivity contribution is 0.670. The number of rotatable bonds is 4. The summed E-state index contributed by atoms with van der Waals surface area (Å²) < 4.78 is 6.81. The van der Waals surface area contributed by atoms with Gasteiger partial charge in [-0.1, -0.05) is 146 Å². The Kier molecular flexibility index (Phi) is 5.92. The standard InChI is InChI=1S/C47H27N3O/c1-3-13-29(14-4-1)45-48-46(30-15-5-2-6-16-30)50-47(49-45)35-26-25-33(31-19-7-8-20-32(31)35)38-27-39-34-22-11-17-28-18-12-23-37(41(28)34)43(39)44-42(38)36-21-9-10-24-40(36)51-44/h1-27H. The molecule has 0 fully saturated rings. The molecule has 51 heavy (non-hydrogen) atoms. The van der Waals surface area contributed by atoms with Gasteiger partial charge in [-0.3, -0.25) is 0 Å². The number of nitrogens with zero attached hydrogens (tertiary/aromatic N) is 3. The van der Waals surface area contributed by atoms with E-state index < -0.39 is 0 Å². The molecule has 0 aliphatic heterocycles. The third-order valence-electron chi connectivity index (χ3n) is 10.3. The molecule has 1 aliphatic carbocycles. The lowest BCUT2D eigenvalue weighted by Gasteiger charge is -2.15. The van der Waals surface area contributed by atoms with Gasteiger partial charge in [-0.05, 0) is 67.6 Å². The van der Waals surface area contributed by atoms with Crippen molar-refractivity contribution in [3.63, 3.8) is 0 Å². The summed E-state index contributed by atoms with van der Waals surface area (Å²) in [4.78, 5) is 15.1. The van der Waals surface area contributed by atoms with Crippen LogP contribution in [0.4, 0.5) is 0 Å². The van der Waals surface area contributed by atoms with Gasteiger partial charge in [-0.25, -0.2) is 15.0 Å². The molecule has 0 atom stereocenters. The van der Waals surface area contributed by atoms with Crippen LogP contribution in [-0.4, -0.2) is 15.0 Å². The molecule has 0 saturated heterocycles. The minimum absolute atomic E-state index is 0.639. The summed E-state index contributed by atoms with van der Waals surface area (Å²) in [5.74, 6) is 1.93. The van der Waals surface area contributed by atoms with Crippen LogP contribution in [0.25, 0.3) is 111 Å². The Morgan fingerprint density at radius 3 is 1.63 bits per heavy atom. The van der Waals surface area contributed by atoms with Crippen LogP contribution >= 0.6 is 0 Å². The van der Waals surface area contributed by atoms with Gasteiger partial charge in [-0.2, -0.15) is 0 Å². The zero-order chi connectivity index (χ0) is 33.5. The van der Waals surface area contributed by atoms with Crippen LogP contribution in [0.1, 0.15) is 0 Å². The quantitative estimate of drug-likeness (QED) is 0.190. The summed E-state index contributed by atoms with van der Waals surface area (Å²) in [6.45, 7) is 0. The van der Waals surface area contributed by atoms with Crippen molar-refractivity contribution in [1.29, 1.82) is 0 Å². The molecule has 0 bridgehead atoms. The predicted octanol–water partition coefficient (Wildman–Crippen LogP) is 12.4. The number of aromatic nitrogens is 3. The minimum atomic E-state index is 0.639. The molecular formula is C47H27N3O. The summed E-state index contributed by atoms with van der Waals surface area (Å²) in [5.41, 5.74) is 11.8. The highest BCUT2D eigenvalue weighted by atomic mass is 16.3. The normalized spacial score (nSPS) is 11.9. The van der Waals surface area contributed by atoms with Crippen LogP contribution in [0, 0.1) is 0 Å². The molecule has 4 heteroatoms. The van der Waals surface area contributed by atoms with Gasteiger partial charge in [0.25, 0.3) is 0 Å². The Hall–Kier alpha value is -6.91. The summed E-state index contributed by atoms with van der Waals surface area (Å²) in [6.07, 6.45) is 0. The lowest BCUT2D eigenvalue weighted by atomic mass is 9.89. The smallest absolute Gasteiger partial charge is 0.164 e. The number of fused-ring (bicyclic) bond motifs is 8. The van der Waals surface area contributed by atoms with Gasteiger partial charge in [0.05, 0.1) is 0 Å². The second kappa shape index (κ2) is 10.8. The summed E-state index contributed by atoms with van der Waals surface area (Å²) in [7, 11) is 0. The van der Waals surface area contributed by atoms with E-state index >= 15 is 0 Å². The van der Waals surface area contributed by atoms with E-state index in [1.54, 1.807) is 0 Å². The van der Waals surface area contributed by atoms with Gasteiger partial charge in [0.15, 0.2) is 17.5 Å². The number of para-hydroxylation sites is 1. The molecule has 0 radical (unpaired) electrons. The first-order valence-electron chi connectivity index (χ1n) is 17.2. The molecule has 0 unspecified atom stereocenters. The number of furan rings is 1. The molecule has 1 aliphatic rings. The molecule has 10 aromatic rings. The van der Waals surface area contributed by atoms with Gasteiger partial charge < -0.3 is 4.42 Å². The summed E-state index contributed by atoms with van der Waals surface area (Å²) in [5, 5.41) is 6.96. The van der Waals surface area contributed by atoms with E-state index in [1.807, 2.05) is 66.7 Å². The van der Waals surface area contributed by atoms with Crippen molar-refractivity contribution < 1.29 is 4.42 Å². The van der Waals surface area contributed by atoms with Crippen LogP contribution in [0.2, 0.25) is 0 Å². The molecule has 2 aromatic heterocycles. The van der Waals surface area contributed by atoms with E-state index in [1.165, 1.54) is 33.0 Å². The Labute approximate surface area is 293 Å². The van der Waals surface area contributed by atoms with E-state index in [4.69, 9.17) is 19.4 Å². The third-order valence-corrected chi connectivity index (χ3v) is 10.3. The van der Waals surface area contributed by atoms with E-state index in [9.17, 15) is 0 Å². The van der Waals surface area contributed by atoms with E-state index in [0.29, 0.717) is 17.5 Å². The van der Waals surface area contributed by atoms with E-state index in [0.717, 1.165) is 60.5 Å². The van der Waals surface area contributed by atoms with Gasteiger partial charge in [-0.15, -0.1) is 0 Å². The molecule has 0 N–H and O–H groups in total. The van der Waals surface area contributed by atoms with Crippen molar-refractivity contribution in [2.45, 2.75) is 0 Å². The first-order valence-corrected chi connectivity index (χ1v) is 17.2. The average Bonchev–Trinajstić information content (AvgIpc) is 3.75. The number of hydrogen-bond acceptors (Lipinski definition) is 4. The molecule has 236 valence electrons. The fourth-order valence-electron chi connectivity index (χ4n) is 8.02. The highest BCUT2D eigenvalue weighted by Crippen LogP contribution is 2.54. The fourth-order valence-corrected chi connectivity index (χ4v) is 8.02. The molecule has 0 amide bonds. The van der Waals surface area contributed by atoms with Crippen molar-refractivity contribution in [2.75, 3.05) is 0 Å². The number of hydrogen-bond donors (Lipinski definition) is 0. The molecule has 8 aromatic carbocycles. The minimum Gasteiger partial charge on any atom is -0.455 e. The van der Waals surface area contributed by atoms with Crippen molar-refractivity contribution >= 4 is 43.5 Å². The third kappa shape index (κ3) is 4.17. The van der Waals surface area contributed by atoms with Gasteiger partial charge >= 0.3 is 0 Å². The fraction of sp³-hybridized carbons (Fsp3) is 0. The predicted molar refractivity (Wildman–Crippen MR) is 208 cm³/mol. The van der Waals surface area contributed by atoms with Crippen molar-refractivity contribution in [2.24, 2.45) is 0 Å². The van der Waals surface area contributed by atoms with Crippen LogP contribution < -0.4 is 0 Å². The zero-order valence-electron chi connectivity index (χ0n) is 27.3. The zero-order valence-corrected chi connectivity index (χ0v) is 27.3. The SMILES string of the molecule is c1ccc(-c2nc(-c3ccccc3)nc(-c3ccc(-c4cc5c(c6oc7ccccc7c46)-c4cccc6cccc-5c46)c4ccccc34)n2)cc1. The van der Waals surface area contributed by atoms with Gasteiger partial charge in [0, 0.05) is 33.0 Å². The second-order valence-electron chi connectivity index (χ2n) is 13.1. The Balaban J connectivity index is 1.19. The van der Waals surface area contributed by atoms with Crippen LogP contribution in [0.5, 0.6) is 0 Å². The number of benzene rings is 8. The van der Waals surface area contributed by atoms with Crippen LogP contribution in [0.3, 0.4) is 0 Å². The maximum Gasteiger partial charge on any atom is 0.164 e. The average molecular weight is 650 g/mol. The maximum absolute atomic E-state index is 6.81. The Morgan fingerprint density at radius 2 is 0.922 bits per heavy atom. The van der Waals surface area contributed by atoms with Crippen molar-refractivity contribution in [3.05, 3.63) is 164 Å². The lowest BCUT2D eigenvalue weighted by Crippen LogP contribution is -2.00. The maximum atomic E-state index is 6.81. The Bertz CT molecular complexity index is 2960. The largest absolute Gasteiger partial charge is 0.455 e. The molecule has 11 rings (SSSR count). The van der Waals surface area contributed by atoms with Crippen LogP contribution in [0.15, 0.2) is 168 Å². The molecule has 4 nitrogen and oxygen atoms in total. The summed E-state index contributed by atoms with van der Waals surface area (Å²) >= 11 is 0. The van der Waals surface area contributed by atoms with E-state index in [2.05, 4.69) is 97.1 Å². The van der Waals surface area contributed by atoms with E-state index in [-0.39, 0.29) is 0 Å². The first-order chi connectivity index (χ1) is 25.3. The molecule has 0 spiro atoms. The second-order valence-corrected chi connectivity index (χ2v) is 13.1. The highest BCUT2D eigenvalue weighted by molar-refractivity contribution is 6.27.